The first kappa shape index (κ1) is 10.6. The third kappa shape index (κ3) is 3.81. The van der Waals surface area contributed by atoms with Gasteiger partial charge in [0.1, 0.15) is 18.5 Å². The Morgan fingerprint density at radius 3 is 1.62 bits per heavy atom. The molecule has 0 aliphatic heterocycles. The van der Waals surface area contributed by atoms with E-state index >= 15 is 0 Å². The number of aldehydes is 2. The molecule has 0 saturated heterocycles. The Morgan fingerprint density at radius 1 is 1.25 bits per heavy atom. The maximum absolute atomic E-state index is 9.47. The van der Waals surface area contributed by atoms with Crippen LogP contribution in [-0.2, 0) is 33.9 Å². The molecule has 0 spiro atoms. The monoisotopic (exact) mass is 202 g/mol. The van der Waals surface area contributed by atoms with Crippen LogP contribution >= 0.6 is 0 Å². The van der Waals surface area contributed by atoms with Crippen molar-refractivity contribution >= 4 is 18.9 Å². The molecular formula is C4H3O3Rh. The van der Waals surface area contributed by atoms with Crippen LogP contribution in [0.15, 0.2) is 0 Å². The molecular weight excluding hydrogens is 199 g/mol. The summed E-state index contributed by atoms with van der Waals surface area (Å²) in [6.07, 6.45) is 1.69. The summed E-state index contributed by atoms with van der Waals surface area (Å²) < 4.78 is 0. The molecule has 0 aliphatic carbocycles. The van der Waals surface area contributed by atoms with Crippen LogP contribution in [0.2, 0.25) is 0 Å². The van der Waals surface area contributed by atoms with Crippen molar-refractivity contribution in [3.63, 3.8) is 0 Å². The van der Waals surface area contributed by atoms with E-state index in [0.717, 1.165) is 0 Å². The number of hydrogen-bond donors (Lipinski definition) is 0. The van der Waals surface area contributed by atoms with Crippen LogP contribution in [0.25, 0.3) is 0 Å². The van der Waals surface area contributed by atoms with Crippen molar-refractivity contribution in [2.75, 3.05) is 0 Å². The fraction of sp³-hybridized carbons (Fsp3) is 0.250. The van der Waals surface area contributed by atoms with Crippen LogP contribution in [0.5, 0.6) is 0 Å². The summed E-state index contributed by atoms with van der Waals surface area (Å²) in [5, 5.41) is 0. The van der Waals surface area contributed by atoms with Gasteiger partial charge < -0.3 is 9.59 Å². The van der Waals surface area contributed by atoms with E-state index < -0.39 is 5.92 Å². The molecule has 0 amide bonds. The average Bonchev–Trinajstić information content (AvgIpc) is 1.72. The fourth-order valence-corrected chi connectivity index (χ4v) is 0.0876. The van der Waals surface area contributed by atoms with E-state index in [9.17, 15) is 14.4 Å². The van der Waals surface area contributed by atoms with Gasteiger partial charge in [0.2, 0.25) is 6.29 Å². The van der Waals surface area contributed by atoms with Crippen molar-refractivity contribution in [1.29, 1.82) is 0 Å². The SMILES string of the molecule is O=[C]C(C=O)C=O.[Rh]. The summed E-state index contributed by atoms with van der Waals surface area (Å²) in [6.45, 7) is 0. The van der Waals surface area contributed by atoms with E-state index in [2.05, 4.69) is 0 Å². The van der Waals surface area contributed by atoms with Gasteiger partial charge in [-0.15, -0.1) is 0 Å². The topological polar surface area (TPSA) is 51.2 Å². The number of carbonyl (C=O) groups excluding carboxylic acids is 3. The minimum atomic E-state index is -1.18. The van der Waals surface area contributed by atoms with Crippen LogP contribution < -0.4 is 0 Å². The second-order valence-corrected chi connectivity index (χ2v) is 0.916. The first-order valence-corrected chi connectivity index (χ1v) is 1.63. The summed E-state index contributed by atoms with van der Waals surface area (Å²) in [7, 11) is 0. The van der Waals surface area contributed by atoms with Gasteiger partial charge in [-0.05, 0) is 0 Å². The standard InChI is InChI=1S/C4H3O3.Rh/c5-1-4(2-6)3-7;/h1-2,4H;. The van der Waals surface area contributed by atoms with E-state index in [-0.39, 0.29) is 32.1 Å². The smallest absolute Gasteiger partial charge is 0.216 e. The van der Waals surface area contributed by atoms with Crippen molar-refractivity contribution in [3.05, 3.63) is 0 Å². The van der Waals surface area contributed by atoms with Gasteiger partial charge in [0.25, 0.3) is 0 Å². The van der Waals surface area contributed by atoms with Crippen molar-refractivity contribution in [2.24, 2.45) is 5.92 Å². The minimum Gasteiger partial charge on any atom is -0.302 e. The fourth-order valence-electron chi connectivity index (χ4n) is 0.0876. The van der Waals surface area contributed by atoms with E-state index in [1.807, 2.05) is 0 Å². The van der Waals surface area contributed by atoms with Crippen molar-refractivity contribution in [2.45, 2.75) is 0 Å². The summed E-state index contributed by atoms with van der Waals surface area (Å²) in [4.78, 5) is 28.3. The maximum atomic E-state index is 9.47. The third-order valence-electron chi connectivity index (χ3n) is 0.429. The maximum Gasteiger partial charge on any atom is 0.216 e. The average molecular weight is 202 g/mol. The Hall–Kier alpha value is -0.367. The molecule has 4 heteroatoms. The molecule has 0 aliphatic rings. The Morgan fingerprint density at radius 2 is 1.62 bits per heavy atom. The van der Waals surface area contributed by atoms with Crippen molar-refractivity contribution in [3.8, 4) is 0 Å². The molecule has 0 aromatic rings. The van der Waals surface area contributed by atoms with Crippen LogP contribution in [0.1, 0.15) is 0 Å². The quantitative estimate of drug-likeness (QED) is 0.338. The molecule has 2 radical (unpaired) electrons. The zero-order valence-electron chi connectivity index (χ0n) is 3.79. The van der Waals surface area contributed by atoms with Gasteiger partial charge in [0.05, 0.1) is 0 Å². The molecule has 0 N–H and O–H groups in total. The van der Waals surface area contributed by atoms with Crippen molar-refractivity contribution in [1.82, 2.24) is 0 Å². The molecule has 0 heterocycles. The molecule has 0 bridgehead atoms. The Bertz CT molecular complexity index is 72.3. The normalized spacial score (nSPS) is 7.12. The zero-order chi connectivity index (χ0) is 5.70. The van der Waals surface area contributed by atoms with Gasteiger partial charge in [-0.1, -0.05) is 0 Å². The molecule has 0 aromatic carbocycles. The number of carbonyl (C=O) groups is 2. The Kier molecular flexibility index (Phi) is 8.78. The predicted molar refractivity (Wildman–Crippen MR) is 21.3 cm³/mol. The van der Waals surface area contributed by atoms with Crippen LogP contribution in [0.3, 0.4) is 0 Å². The molecule has 0 aromatic heterocycles. The van der Waals surface area contributed by atoms with Gasteiger partial charge in [-0.2, -0.15) is 0 Å². The molecule has 3 nitrogen and oxygen atoms in total. The molecule has 8 heavy (non-hydrogen) atoms. The molecule has 0 saturated carbocycles. The van der Waals surface area contributed by atoms with Crippen LogP contribution in [0, 0.1) is 5.92 Å². The molecule has 0 rings (SSSR count). The van der Waals surface area contributed by atoms with Crippen molar-refractivity contribution < 1.29 is 33.9 Å². The van der Waals surface area contributed by atoms with E-state index in [1.165, 1.54) is 6.29 Å². The van der Waals surface area contributed by atoms with Gasteiger partial charge in [-0.25, -0.2) is 0 Å². The summed E-state index contributed by atoms with van der Waals surface area (Å²) in [6, 6.07) is 0. The zero-order valence-corrected chi connectivity index (χ0v) is 5.43. The van der Waals surface area contributed by atoms with E-state index in [1.54, 1.807) is 0 Å². The predicted octanol–water partition coefficient (Wildman–Crippen LogP) is -0.892. The van der Waals surface area contributed by atoms with Gasteiger partial charge in [-0.3, -0.25) is 4.79 Å². The summed E-state index contributed by atoms with van der Waals surface area (Å²) >= 11 is 0. The molecule has 0 atom stereocenters. The molecule has 0 unspecified atom stereocenters. The Balaban J connectivity index is 0. The molecule has 46 valence electrons. The number of rotatable bonds is 3. The van der Waals surface area contributed by atoms with Crippen LogP contribution in [0.4, 0.5) is 0 Å². The Labute approximate surface area is 59.2 Å². The third-order valence-corrected chi connectivity index (χ3v) is 0.429. The van der Waals surface area contributed by atoms with Gasteiger partial charge >= 0.3 is 0 Å². The first-order chi connectivity index (χ1) is 3.35. The van der Waals surface area contributed by atoms with Crippen LogP contribution in [-0.4, -0.2) is 18.9 Å². The largest absolute Gasteiger partial charge is 0.302 e. The first-order valence-electron chi connectivity index (χ1n) is 1.63. The second kappa shape index (κ2) is 6.63. The van der Waals surface area contributed by atoms with Gasteiger partial charge in [0, 0.05) is 19.5 Å². The van der Waals surface area contributed by atoms with E-state index in [4.69, 9.17) is 0 Å². The summed E-state index contributed by atoms with van der Waals surface area (Å²) in [5.41, 5.74) is 0. The molecule has 0 fully saturated rings. The second-order valence-electron chi connectivity index (χ2n) is 0.916. The minimum absolute atomic E-state index is 0. The number of hydrogen-bond acceptors (Lipinski definition) is 3. The van der Waals surface area contributed by atoms with Gasteiger partial charge in [0.15, 0.2) is 0 Å². The summed E-state index contributed by atoms with van der Waals surface area (Å²) in [5.74, 6) is -1.18. The van der Waals surface area contributed by atoms with E-state index in [0.29, 0.717) is 0 Å².